The van der Waals surface area contributed by atoms with Gasteiger partial charge >= 0.3 is 0 Å². The molecule has 0 fully saturated rings. The second kappa shape index (κ2) is 9.72. The predicted molar refractivity (Wildman–Crippen MR) is 125 cm³/mol. The van der Waals surface area contributed by atoms with Crippen LogP contribution in [0.4, 0.5) is 0 Å². The monoisotopic (exact) mass is 450 g/mol. The van der Waals surface area contributed by atoms with Gasteiger partial charge in [0, 0.05) is 17.6 Å². The maximum atomic E-state index is 13.4. The summed E-state index contributed by atoms with van der Waals surface area (Å²) in [5, 5.41) is 11.5. The summed E-state index contributed by atoms with van der Waals surface area (Å²) in [7, 11) is 0. The van der Waals surface area contributed by atoms with Crippen LogP contribution in [0.5, 0.6) is 0 Å². The molecule has 4 aromatic rings. The van der Waals surface area contributed by atoms with Crippen LogP contribution in [0.1, 0.15) is 22.2 Å². The molecule has 0 unspecified atom stereocenters. The van der Waals surface area contributed by atoms with Gasteiger partial charge in [0.15, 0.2) is 0 Å². The molecule has 6 nitrogen and oxygen atoms in total. The average Bonchev–Trinajstić information content (AvgIpc) is 3.57. The van der Waals surface area contributed by atoms with Crippen LogP contribution in [0.15, 0.2) is 71.6 Å². The first-order chi connectivity index (χ1) is 15.2. The first kappa shape index (κ1) is 21.0. The molecule has 2 amide bonds. The number of rotatable bonds is 8. The van der Waals surface area contributed by atoms with Crippen LogP contribution in [0.3, 0.4) is 0 Å². The van der Waals surface area contributed by atoms with Crippen molar-refractivity contribution in [1.82, 2.24) is 20.0 Å². The topological polar surface area (TPSA) is 67.2 Å². The highest BCUT2D eigenvalue weighted by Gasteiger charge is 2.24. The van der Waals surface area contributed by atoms with E-state index in [9.17, 15) is 9.59 Å². The van der Waals surface area contributed by atoms with Gasteiger partial charge in [-0.15, -0.1) is 22.7 Å². The van der Waals surface area contributed by atoms with Crippen molar-refractivity contribution in [3.05, 3.63) is 82.0 Å². The Bertz CT molecular complexity index is 1140. The fourth-order valence-corrected chi connectivity index (χ4v) is 4.53. The molecule has 1 aromatic carbocycles. The predicted octanol–water partition coefficient (Wildman–Crippen LogP) is 4.44. The molecule has 3 aromatic heterocycles. The summed E-state index contributed by atoms with van der Waals surface area (Å²) in [4.78, 5) is 29.4. The van der Waals surface area contributed by atoms with E-state index in [0.29, 0.717) is 24.3 Å². The molecule has 0 saturated heterocycles. The van der Waals surface area contributed by atoms with Gasteiger partial charge < -0.3 is 10.2 Å². The molecular formula is C23H22N4O2S2. The van der Waals surface area contributed by atoms with Crippen LogP contribution < -0.4 is 5.32 Å². The molecule has 0 bridgehead atoms. The van der Waals surface area contributed by atoms with E-state index < -0.39 is 0 Å². The van der Waals surface area contributed by atoms with Crippen molar-refractivity contribution >= 4 is 34.5 Å². The highest BCUT2D eigenvalue weighted by Crippen LogP contribution is 2.28. The number of para-hydroxylation sites is 1. The number of amides is 2. The van der Waals surface area contributed by atoms with Crippen LogP contribution in [0.2, 0.25) is 0 Å². The Hall–Kier alpha value is -3.23. The van der Waals surface area contributed by atoms with Crippen LogP contribution in [-0.4, -0.2) is 39.6 Å². The molecule has 0 spiro atoms. The Morgan fingerprint density at radius 1 is 1.03 bits per heavy atom. The van der Waals surface area contributed by atoms with Gasteiger partial charge in [-0.2, -0.15) is 5.10 Å². The maximum Gasteiger partial charge on any atom is 0.258 e. The molecular weight excluding hydrogens is 428 g/mol. The van der Waals surface area contributed by atoms with Crippen LogP contribution in [0, 0.1) is 0 Å². The van der Waals surface area contributed by atoms with Gasteiger partial charge in [-0.05, 0) is 41.9 Å². The third kappa shape index (κ3) is 4.92. The smallest absolute Gasteiger partial charge is 0.258 e. The molecule has 0 aliphatic heterocycles. The quantitative estimate of drug-likeness (QED) is 0.432. The Morgan fingerprint density at radius 3 is 2.48 bits per heavy atom. The minimum atomic E-state index is -0.209. The zero-order valence-corrected chi connectivity index (χ0v) is 18.7. The van der Waals surface area contributed by atoms with Crippen molar-refractivity contribution in [1.29, 1.82) is 0 Å². The van der Waals surface area contributed by atoms with Crippen molar-refractivity contribution < 1.29 is 9.59 Å². The lowest BCUT2D eigenvalue weighted by atomic mass is 10.2. The summed E-state index contributed by atoms with van der Waals surface area (Å²) < 4.78 is 1.72. The Labute approximate surface area is 188 Å². The summed E-state index contributed by atoms with van der Waals surface area (Å²) in [6.45, 7) is 2.76. The minimum Gasteiger partial charge on any atom is -0.350 e. The average molecular weight is 451 g/mol. The Morgan fingerprint density at radius 2 is 1.81 bits per heavy atom. The number of likely N-dealkylation sites (N-methyl/N-ethyl adjacent to an activating group) is 1. The molecule has 0 aliphatic carbocycles. The number of benzene rings is 1. The van der Waals surface area contributed by atoms with Gasteiger partial charge in [0.25, 0.3) is 5.91 Å². The molecule has 0 radical (unpaired) electrons. The molecule has 3 heterocycles. The number of aromatic nitrogens is 2. The maximum absolute atomic E-state index is 13.4. The third-order valence-electron chi connectivity index (χ3n) is 4.76. The van der Waals surface area contributed by atoms with Crippen molar-refractivity contribution in [2.24, 2.45) is 0 Å². The summed E-state index contributed by atoms with van der Waals surface area (Å²) in [5.74, 6) is -0.393. The molecule has 4 rings (SSSR count). The normalized spacial score (nSPS) is 10.7. The zero-order chi connectivity index (χ0) is 21.6. The molecule has 0 atom stereocenters. The largest absolute Gasteiger partial charge is 0.350 e. The van der Waals surface area contributed by atoms with Crippen molar-refractivity contribution in [3.63, 3.8) is 0 Å². The number of carbonyl (C=O) groups excluding carboxylic acids is 2. The van der Waals surface area contributed by atoms with E-state index in [4.69, 9.17) is 5.10 Å². The first-order valence-corrected chi connectivity index (χ1v) is 11.7. The second-order valence-corrected chi connectivity index (χ2v) is 8.80. The molecule has 8 heteroatoms. The van der Waals surface area contributed by atoms with E-state index >= 15 is 0 Å². The van der Waals surface area contributed by atoms with E-state index in [0.717, 1.165) is 15.4 Å². The highest BCUT2D eigenvalue weighted by molar-refractivity contribution is 7.13. The molecule has 158 valence electrons. The zero-order valence-electron chi connectivity index (χ0n) is 17.0. The summed E-state index contributed by atoms with van der Waals surface area (Å²) >= 11 is 3.12. The highest BCUT2D eigenvalue weighted by atomic mass is 32.1. The number of hydrogen-bond donors (Lipinski definition) is 1. The summed E-state index contributed by atoms with van der Waals surface area (Å²) in [6, 6.07) is 17.5. The van der Waals surface area contributed by atoms with E-state index in [-0.39, 0.29) is 18.4 Å². The van der Waals surface area contributed by atoms with E-state index in [1.807, 2.05) is 72.3 Å². The summed E-state index contributed by atoms with van der Waals surface area (Å²) in [5.41, 5.74) is 1.98. The van der Waals surface area contributed by atoms with Crippen LogP contribution in [0.25, 0.3) is 16.3 Å². The minimum absolute atomic E-state index is 0.00110. The second-order valence-electron chi connectivity index (χ2n) is 6.82. The van der Waals surface area contributed by atoms with E-state index in [1.165, 1.54) is 11.3 Å². The standard InChI is InChI=1S/C23H22N4O2S2/c1-2-26(16-21(28)24-14-18-10-6-12-30-18)23(29)19-15-27(17-8-4-3-5-9-17)25-22(19)20-11-7-13-31-20/h3-13,15H,2,14,16H2,1H3,(H,24,28). The van der Waals surface area contributed by atoms with E-state index in [1.54, 1.807) is 27.1 Å². The van der Waals surface area contributed by atoms with Crippen LogP contribution in [-0.2, 0) is 11.3 Å². The lowest BCUT2D eigenvalue weighted by Gasteiger charge is -2.20. The van der Waals surface area contributed by atoms with Gasteiger partial charge in [0.2, 0.25) is 5.91 Å². The molecule has 0 aliphatic rings. The van der Waals surface area contributed by atoms with Gasteiger partial charge in [-0.3, -0.25) is 9.59 Å². The Kier molecular flexibility index (Phi) is 6.59. The SMILES string of the molecule is CCN(CC(=O)NCc1cccs1)C(=O)c1cn(-c2ccccc2)nc1-c1cccs1. The number of hydrogen-bond acceptors (Lipinski definition) is 5. The van der Waals surface area contributed by atoms with E-state index in [2.05, 4.69) is 5.32 Å². The molecule has 31 heavy (non-hydrogen) atoms. The first-order valence-electron chi connectivity index (χ1n) is 9.93. The fourth-order valence-electron chi connectivity index (χ4n) is 3.16. The number of carbonyl (C=O) groups is 2. The number of nitrogens with one attached hydrogen (secondary N) is 1. The van der Waals surface area contributed by atoms with Crippen molar-refractivity contribution in [2.75, 3.05) is 13.1 Å². The van der Waals surface area contributed by atoms with Gasteiger partial charge in [0.1, 0.15) is 5.69 Å². The van der Waals surface area contributed by atoms with Crippen molar-refractivity contribution in [3.8, 4) is 16.3 Å². The van der Waals surface area contributed by atoms with Gasteiger partial charge in [-0.25, -0.2) is 4.68 Å². The molecule has 1 N–H and O–H groups in total. The van der Waals surface area contributed by atoms with Gasteiger partial charge in [-0.1, -0.05) is 30.3 Å². The number of nitrogens with zero attached hydrogens (tertiary/aromatic N) is 3. The van der Waals surface area contributed by atoms with Crippen molar-refractivity contribution in [2.45, 2.75) is 13.5 Å². The Balaban J connectivity index is 1.56. The number of thiophene rings is 2. The van der Waals surface area contributed by atoms with Gasteiger partial charge in [0.05, 0.1) is 29.2 Å². The third-order valence-corrected chi connectivity index (χ3v) is 6.52. The molecule has 0 saturated carbocycles. The fraction of sp³-hybridized carbons (Fsp3) is 0.174. The van der Waals surface area contributed by atoms with Crippen LogP contribution >= 0.6 is 22.7 Å². The lowest BCUT2D eigenvalue weighted by Crippen LogP contribution is -2.40. The lowest BCUT2D eigenvalue weighted by molar-refractivity contribution is -0.121. The summed E-state index contributed by atoms with van der Waals surface area (Å²) in [6.07, 6.45) is 1.75.